The van der Waals surface area contributed by atoms with Crippen LogP contribution in [0.15, 0.2) is 18.2 Å². The average Bonchev–Trinajstić information content (AvgIpc) is 2.24. The smallest absolute Gasteiger partial charge is 0.162 e. The molecule has 0 radical (unpaired) electrons. The molecule has 0 aliphatic carbocycles. The lowest BCUT2D eigenvalue weighted by molar-refractivity contribution is 0.282. The SMILES string of the molecule is OCCCCCCc1cccc(F)c1F. The number of aliphatic hydroxyl groups excluding tert-OH is 1. The van der Waals surface area contributed by atoms with Gasteiger partial charge < -0.3 is 5.11 Å². The Balaban J connectivity index is 2.34. The third kappa shape index (κ3) is 3.96. The van der Waals surface area contributed by atoms with Gasteiger partial charge in [0.2, 0.25) is 0 Å². The Hall–Kier alpha value is -0.960. The van der Waals surface area contributed by atoms with Crippen LogP contribution < -0.4 is 0 Å². The van der Waals surface area contributed by atoms with Crippen LogP contribution in [0.2, 0.25) is 0 Å². The van der Waals surface area contributed by atoms with Crippen LogP contribution in [0.1, 0.15) is 31.2 Å². The summed E-state index contributed by atoms with van der Waals surface area (Å²) in [6, 6.07) is 4.27. The molecule has 1 aromatic carbocycles. The first-order chi connectivity index (χ1) is 7.25. The predicted molar refractivity (Wildman–Crippen MR) is 55.6 cm³/mol. The average molecular weight is 214 g/mol. The zero-order chi connectivity index (χ0) is 11.1. The first-order valence-corrected chi connectivity index (χ1v) is 5.29. The molecule has 0 aromatic heterocycles. The van der Waals surface area contributed by atoms with E-state index in [0.29, 0.717) is 12.0 Å². The van der Waals surface area contributed by atoms with E-state index in [4.69, 9.17) is 5.11 Å². The van der Waals surface area contributed by atoms with Crippen LogP contribution in [0.4, 0.5) is 8.78 Å². The van der Waals surface area contributed by atoms with Gasteiger partial charge >= 0.3 is 0 Å². The van der Waals surface area contributed by atoms with Gasteiger partial charge in [0, 0.05) is 6.61 Å². The Morgan fingerprint density at radius 3 is 2.47 bits per heavy atom. The maximum atomic E-state index is 13.2. The van der Waals surface area contributed by atoms with Gasteiger partial charge in [0.25, 0.3) is 0 Å². The highest BCUT2D eigenvalue weighted by atomic mass is 19.2. The van der Waals surface area contributed by atoms with Gasteiger partial charge in [-0.05, 0) is 30.9 Å². The van der Waals surface area contributed by atoms with Crippen LogP contribution in [0.5, 0.6) is 0 Å². The van der Waals surface area contributed by atoms with Crippen molar-refractivity contribution in [1.82, 2.24) is 0 Å². The molecular formula is C12H16F2O. The highest BCUT2D eigenvalue weighted by Crippen LogP contribution is 2.14. The zero-order valence-corrected chi connectivity index (χ0v) is 8.68. The van der Waals surface area contributed by atoms with E-state index < -0.39 is 11.6 Å². The quantitative estimate of drug-likeness (QED) is 0.721. The van der Waals surface area contributed by atoms with Gasteiger partial charge in [0.1, 0.15) is 0 Å². The molecule has 15 heavy (non-hydrogen) atoms. The molecule has 0 fully saturated rings. The number of benzene rings is 1. The summed E-state index contributed by atoms with van der Waals surface area (Å²) < 4.78 is 26.0. The third-order valence-corrected chi connectivity index (χ3v) is 2.39. The van der Waals surface area contributed by atoms with Crippen LogP contribution in [0.3, 0.4) is 0 Å². The lowest BCUT2D eigenvalue weighted by Gasteiger charge is -2.03. The topological polar surface area (TPSA) is 20.2 Å². The Morgan fingerprint density at radius 2 is 1.73 bits per heavy atom. The van der Waals surface area contributed by atoms with E-state index in [-0.39, 0.29) is 6.61 Å². The highest BCUT2D eigenvalue weighted by Gasteiger charge is 2.06. The summed E-state index contributed by atoms with van der Waals surface area (Å²) >= 11 is 0. The van der Waals surface area contributed by atoms with Crippen molar-refractivity contribution < 1.29 is 13.9 Å². The molecule has 1 N–H and O–H groups in total. The number of aryl methyl sites for hydroxylation is 1. The summed E-state index contributed by atoms with van der Waals surface area (Å²) in [7, 11) is 0. The monoisotopic (exact) mass is 214 g/mol. The van der Waals surface area contributed by atoms with Crippen molar-refractivity contribution in [2.45, 2.75) is 32.1 Å². The van der Waals surface area contributed by atoms with Crippen molar-refractivity contribution >= 4 is 0 Å². The van der Waals surface area contributed by atoms with Gasteiger partial charge in [0.05, 0.1) is 0 Å². The van der Waals surface area contributed by atoms with Gasteiger partial charge in [-0.2, -0.15) is 0 Å². The molecule has 0 atom stereocenters. The van der Waals surface area contributed by atoms with Crippen molar-refractivity contribution in [1.29, 1.82) is 0 Å². The van der Waals surface area contributed by atoms with E-state index >= 15 is 0 Å². The Morgan fingerprint density at radius 1 is 1.00 bits per heavy atom. The van der Waals surface area contributed by atoms with Crippen molar-refractivity contribution in [3.63, 3.8) is 0 Å². The summed E-state index contributed by atoms with van der Waals surface area (Å²) in [5.41, 5.74) is 0.444. The minimum absolute atomic E-state index is 0.203. The van der Waals surface area contributed by atoms with Crippen LogP contribution in [-0.2, 0) is 6.42 Å². The molecule has 0 aliphatic heterocycles. The second-order valence-electron chi connectivity index (χ2n) is 3.60. The Kier molecular flexibility index (Phi) is 5.26. The van der Waals surface area contributed by atoms with E-state index in [2.05, 4.69) is 0 Å². The maximum absolute atomic E-state index is 13.2. The van der Waals surface area contributed by atoms with Gasteiger partial charge in [-0.25, -0.2) is 8.78 Å². The van der Waals surface area contributed by atoms with Gasteiger partial charge in [-0.15, -0.1) is 0 Å². The number of hydrogen-bond acceptors (Lipinski definition) is 1. The van der Waals surface area contributed by atoms with Gasteiger partial charge in [-0.1, -0.05) is 25.0 Å². The molecular weight excluding hydrogens is 198 g/mol. The van der Waals surface area contributed by atoms with Crippen molar-refractivity contribution in [2.24, 2.45) is 0 Å². The molecule has 0 unspecified atom stereocenters. The van der Waals surface area contributed by atoms with Gasteiger partial charge in [-0.3, -0.25) is 0 Å². The van der Waals surface area contributed by atoms with Crippen LogP contribution in [-0.4, -0.2) is 11.7 Å². The molecule has 0 bridgehead atoms. The minimum atomic E-state index is -0.775. The largest absolute Gasteiger partial charge is 0.396 e. The summed E-state index contributed by atoms with van der Waals surface area (Å²) in [4.78, 5) is 0. The first-order valence-electron chi connectivity index (χ1n) is 5.29. The number of rotatable bonds is 6. The summed E-state index contributed by atoms with van der Waals surface area (Å²) in [6.07, 6.45) is 4.06. The van der Waals surface area contributed by atoms with Crippen molar-refractivity contribution in [3.05, 3.63) is 35.4 Å². The summed E-state index contributed by atoms with van der Waals surface area (Å²) in [5, 5.41) is 8.55. The first kappa shape index (κ1) is 12.1. The molecule has 0 aliphatic rings. The number of unbranched alkanes of at least 4 members (excludes halogenated alkanes) is 3. The van der Waals surface area contributed by atoms with E-state index in [0.717, 1.165) is 31.7 Å². The number of aliphatic hydroxyl groups is 1. The molecule has 0 spiro atoms. The fraction of sp³-hybridized carbons (Fsp3) is 0.500. The molecule has 84 valence electrons. The van der Waals surface area contributed by atoms with E-state index in [1.165, 1.54) is 6.07 Å². The third-order valence-electron chi connectivity index (χ3n) is 2.39. The van der Waals surface area contributed by atoms with Gasteiger partial charge in [0.15, 0.2) is 11.6 Å². The molecule has 1 aromatic rings. The maximum Gasteiger partial charge on any atom is 0.162 e. The van der Waals surface area contributed by atoms with Crippen LogP contribution in [0.25, 0.3) is 0 Å². The molecule has 3 heteroatoms. The second-order valence-corrected chi connectivity index (χ2v) is 3.60. The lowest BCUT2D eigenvalue weighted by atomic mass is 10.1. The van der Waals surface area contributed by atoms with E-state index in [1.54, 1.807) is 6.07 Å². The highest BCUT2D eigenvalue weighted by molar-refractivity contribution is 5.18. The molecule has 0 heterocycles. The molecule has 0 saturated heterocycles. The fourth-order valence-electron chi connectivity index (χ4n) is 1.52. The number of hydrogen-bond donors (Lipinski definition) is 1. The second kappa shape index (κ2) is 6.51. The van der Waals surface area contributed by atoms with Crippen LogP contribution in [0, 0.1) is 11.6 Å². The Labute approximate surface area is 88.7 Å². The summed E-state index contributed by atoms with van der Waals surface area (Å²) in [5.74, 6) is -1.50. The van der Waals surface area contributed by atoms with Crippen molar-refractivity contribution in [2.75, 3.05) is 6.61 Å². The van der Waals surface area contributed by atoms with E-state index in [1.807, 2.05) is 0 Å². The van der Waals surface area contributed by atoms with E-state index in [9.17, 15) is 8.78 Å². The molecule has 0 amide bonds. The number of halogens is 2. The minimum Gasteiger partial charge on any atom is -0.396 e. The Bertz CT molecular complexity index is 300. The summed E-state index contributed by atoms with van der Waals surface area (Å²) in [6.45, 7) is 0.203. The fourth-order valence-corrected chi connectivity index (χ4v) is 1.52. The van der Waals surface area contributed by atoms with Crippen LogP contribution >= 0.6 is 0 Å². The lowest BCUT2D eigenvalue weighted by Crippen LogP contribution is -1.94. The standard InChI is InChI=1S/C12H16F2O/c13-11-8-5-7-10(12(11)14)6-3-1-2-4-9-15/h5,7-8,15H,1-4,6,9H2. The zero-order valence-electron chi connectivity index (χ0n) is 8.68. The predicted octanol–water partition coefficient (Wildman–Crippen LogP) is 3.06. The molecule has 0 saturated carbocycles. The molecule has 1 rings (SSSR count). The normalized spacial score (nSPS) is 10.6. The van der Waals surface area contributed by atoms with Crippen molar-refractivity contribution in [3.8, 4) is 0 Å². The molecule has 1 nitrogen and oxygen atoms in total.